The molecule has 2 rings (SSSR count). The van der Waals surface area contributed by atoms with Crippen molar-refractivity contribution in [3.8, 4) is 0 Å². The fraction of sp³-hybridized carbons (Fsp3) is 0.167. The molecular formula is C12H12N2O2. The lowest BCUT2D eigenvalue weighted by atomic mass is 9.98. The molecule has 1 atom stereocenters. The quantitative estimate of drug-likeness (QED) is 0.812. The molecule has 4 heteroatoms. The zero-order chi connectivity index (χ0) is 11.5. The van der Waals surface area contributed by atoms with Gasteiger partial charge in [-0.15, -0.1) is 0 Å². The van der Waals surface area contributed by atoms with Crippen molar-refractivity contribution in [1.29, 1.82) is 0 Å². The molecule has 1 aromatic carbocycles. The van der Waals surface area contributed by atoms with Crippen molar-refractivity contribution < 1.29 is 9.90 Å². The highest BCUT2D eigenvalue weighted by molar-refractivity contribution is 5.82. The fourth-order valence-electron chi connectivity index (χ4n) is 1.68. The first kappa shape index (κ1) is 10.6. The lowest BCUT2D eigenvalue weighted by molar-refractivity contribution is -0.138. The minimum atomic E-state index is -0.905. The van der Waals surface area contributed by atoms with E-state index in [0.717, 1.165) is 10.9 Å². The molecule has 4 nitrogen and oxygen atoms in total. The lowest BCUT2D eigenvalue weighted by Crippen LogP contribution is -2.21. The molecule has 0 saturated heterocycles. The second-order valence-electron chi connectivity index (χ2n) is 3.58. The zero-order valence-corrected chi connectivity index (χ0v) is 8.63. The average molecular weight is 216 g/mol. The van der Waals surface area contributed by atoms with Gasteiger partial charge in [-0.05, 0) is 17.7 Å². The maximum atomic E-state index is 11.0. The largest absolute Gasteiger partial charge is 0.481 e. The van der Waals surface area contributed by atoms with Gasteiger partial charge in [-0.25, -0.2) is 0 Å². The number of pyridine rings is 1. The summed E-state index contributed by atoms with van der Waals surface area (Å²) in [5.74, 6) is -1.57. The minimum Gasteiger partial charge on any atom is -0.481 e. The molecule has 2 aromatic rings. The Bertz CT molecular complexity index is 525. The van der Waals surface area contributed by atoms with E-state index in [1.165, 1.54) is 0 Å². The van der Waals surface area contributed by atoms with E-state index in [-0.39, 0.29) is 6.54 Å². The molecule has 3 N–H and O–H groups in total. The van der Waals surface area contributed by atoms with Crippen LogP contribution in [0.5, 0.6) is 0 Å². The Balaban J connectivity index is 2.49. The molecule has 0 spiro atoms. The van der Waals surface area contributed by atoms with Gasteiger partial charge < -0.3 is 10.8 Å². The summed E-state index contributed by atoms with van der Waals surface area (Å²) >= 11 is 0. The monoisotopic (exact) mass is 216 g/mol. The lowest BCUT2D eigenvalue weighted by Gasteiger charge is -2.10. The van der Waals surface area contributed by atoms with Crippen LogP contribution in [-0.4, -0.2) is 22.6 Å². The van der Waals surface area contributed by atoms with Crippen LogP contribution in [0.1, 0.15) is 11.5 Å². The van der Waals surface area contributed by atoms with Crippen LogP contribution in [-0.2, 0) is 4.79 Å². The van der Waals surface area contributed by atoms with Crippen molar-refractivity contribution >= 4 is 16.9 Å². The molecule has 1 aromatic heterocycles. The Morgan fingerprint density at radius 1 is 1.44 bits per heavy atom. The first-order valence-electron chi connectivity index (χ1n) is 5.00. The van der Waals surface area contributed by atoms with Gasteiger partial charge in [0.15, 0.2) is 0 Å². The number of rotatable bonds is 3. The molecule has 16 heavy (non-hydrogen) atoms. The van der Waals surface area contributed by atoms with E-state index < -0.39 is 11.9 Å². The number of carboxylic acids is 1. The van der Waals surface area contributed by atoms with E-state index in [4.69, 9.17) is 10.8 Å². The number of aromatic nitrogens is 1. The predicted molar refractivity (Wildman–Crippen MR) is 61.2 cm³/mol. The smallest absolute Gasteiger partial charge is 0.312 e. The van der Waals surface area contributed by atoms with Crippen LogP contribution in [0.25, 0.3) is 10.9 Å². The molecular weight excluding hydrogens is 204 g/mol. The highest BCUT2D eigenvalue weighted by Gasteiger charge is 2.17. The second-order valence-corrected chi connectivity index (χ2v) is 3.58. The third kappa shape index (κ3) is 1.87. The highest BCUT2D eigenvalue weighted by atomic mass is 16.4. The number of hydrogen-bond donors (Lipinski definition) is 2. The third-order valence-electron chi connectivity index (χ3n) is 2.57. The van der Waals surface area contributed by atoms with Gasteiger partial charge in [0.25, 0.3) is 0 Å². The normalized spacial score (nSPS) is 12.6. The number of aliphatic carboxylic acids is 1. The van der Waals surface area contributed by atoms with Gasteiger partial charge >= 0.3 is 5.97 Å². The summed E-state index contributed by atoms with van der Waals surface area (Å²) in [6.45, 7) is 0.0909. The SMILES string of the molecule is NCC(C(=O)O)c1ccc2cccnc2c1. The van der Waals surface area contributed by atoms with E-state index in [9.17, 15) is 4.79 Å². The third-order valence-corrected chi connectivity index (χ3v) is 2.57. The molecule has 0 radical (unpaired) electrons. The van der Waals surface area contributed by atoms with Crippen molar-refractivity contribution in [3.63, 3.8) is 0 Å². The van der Waals surface area contributed by atoms with Crippen molar-refractivity contribution in [2.45, 2.75) is 5.92 Å². The summed E-state index contributed by atoms with van der Waals surface area (Å²) in [6, 6.07) is 9.21. The number of carboxylic acid groups (broad SMARTS) is 1. The molecule has 1 heterocycles. The summed E-state index contributed by atoms with van der Waals surface area (Å²) in [4.78, 5) is 15.2. The molecule has 1 unspecified atom stereocenters. The molecule has 0 bridgehead atoms. The average Bonchev–Trinajstić information content (AvgIpc) is 2.29. The van der Waals surface area contributed by atoms with E-state index in [1.807, 2.05) is 18.2 Å². The number of carbonyl (C=O) groups is 1. The summed E-state index contributed by atoms with van der Waals surface area (Å²) in [5, 5.41) is 9.99. The summed E-state index contributed by atoms with van der Waals surface area (Å²) in [5.41, 5.74) is 6.94. The van der Waals surface area contributed by atoms with Gasteiger partial charge in [0.1, 0.15) is 0 Å². The first-order chi connectivity index (χ1) is 7.72. The van der Waals surface area contributed by atoms with Gasteiger partial charge in [0, 0.05) is 18.1 Å². The molecule has 0 aliphatic carbocycles. The van der Waals surface area contributed by atoms with Crippen molar-refractivity contribution in [2.24, 2.45) is 5.73 Å². The topological polar surface area (TPSA) is 76.2 Å². The van der Waals surface area contributed by atoms with E-state index in [0.29, 0.717) is 5.56 Å². The maximum Gasteiger partial charge on any atom is 0.312 e. The minimum absolute atomic E-state index is 0.0909. The fourth-order valence-corrected chi connectivity index (χ4v) is 1.68. The zero-order valence-electron chi connectivity index (χ0n) is 8.63. The molecule has 82 valence electrons. The Kier molecular flexibility index (Phi) is 2.83. The van der Waals surface area contributed by atoms with Crippen LogP contribution < -0.4 is 5.73 Å². The molecule has 0 amide bonds. The van der Waals surface area contributed by atoms with E-state index in [1.54, 1.807) is 18.3 Å². The first-order valence-corrected chi connectivity index (χ1v) is 5.00. The molecule has 0 saturated carbocycles. The molecule has 0 aliphatic rings. The van der Waals surface area contributed by atoms with Crippen LogP contribution in [0.2, 0.25) is 0 Å². The van der Waals surface area contributed by atoms with E-state index in [2.05, 4.69) is 4.98 Å². The van der Waals surface area contributed by atoms with Gasteiger partial charge in [0.2, 0.25) is 0 Å². The Labute approximate surface area is 92.7 Å². The maximum absolute atomic E-state index is 11.0. The second kappa shape index (κ2) is 4.28. The van der Waals surface area contributed by atoms with Crippen molar-refractivity contribution in [1.82, 2.24) is 4.98 Å². The van der Waals surface area contributed by atoms with Crippen LogP contribution in [0, 0.1) is 0 Å². The summed E-state index contributed by atoms with van der Waals surface area (Å²) < 4.78 is 0. The standard InChI is InChI=1S/C12H12N2O2/c13-7-10(12(15)16)9-4-3-8-2-1-5-14-11(8)6-9/h1-6,10H,7,13H2,(H,15,16). The Hall–Kier alpha value is -1.94. The summed E-state index contributed by atoms with van der Waals surface area (Å²) in [6.07, 6.45) is 1.68. The highest BCUT2D eigenvalue weighted by Crippen LogP contribution is 2.20. The Morgan fingerprint density at radius 3 is 2.94 bits per heavy atom. The van der Waals surface area contributed by atoms with Gasteiger partial charge in [-0.3, -0.25) is 9.78 Å². The van der Waals surface area contributed by atoms with Crippen molar-refractivity contribution in [3.05, 3.63) is 42.1 Å². The Morgan fingerprint density at radius 2 is 2.25 bits per heavy atom. The number of hydrogen-bond acceptors (Lipinski definition) is 3. The number of nitrogens with zero attached hydrogens (tertiary/aromatic N) is 1. The van der Waals surface area contributed by atoms with Gasteiger partial charge in [-0.1, -0.05) is 18.2 Å². The molecule has 0 aliphatic heterocycles. The van der Waals surface area contributed by atoms with Crippen LogP contribution in [0.4, 0.5) is 0 Å². The summed E-state index contributed by atoms with van der Waals surface area (Å²) in [7, 11) is 0. The number of fused-ring (bicyclic) bond motifs is 1. The predicted octanol–water partition coefficient (Wildman–Crippen LogP) is 1.36. The van der Waals surface area contributed by atoms with Gasteiger partial charge in [0.05, 0.1) is 11.4 Å². The van der Waals surface area contributed by atoms with Gasteiger partial charge in [-0.2, -0.15) is 0 Å². The number of benzene rings is 1. The van der Waals surface area contributed by atoms with Crippen molar-refractivity contribution in [2.75, 3.05) is 6.54 Å². The molecule has 0 fully saturated rings. The van der Waals surface area contributed by atoms with E-state index >= 15 is 0 Å². The number of nitrogens with two attached hydrogens (primary N) is 1. The van der Waals surface area contributed by atoms with Crippen LogP contribution >= 0.6 is 0 Å². The van der Waals surface area contributed by atoms with Crippen LogP contribution in [0.15, 0.2) is 36.5 Å². The van der Waals surface area contributed by atoms with Crippen LogP contribution in [0.3, 0.4) is 0 Å².